The summed E-state index contributed by atoms with van der Waals surface area (Å²) in [6.07, 6.45) is -0.0955. The van der Waals surface area contributed by atoms with Crippen LogP contribution in [0.1, 0.15) is 26.1 Å². The molecule has 7 nitrogen and oxygen atoms in total. The number of nitrogens with two attached hydrogens (primary N) is 1. The fourth-order valence-electron chi connectivity index (χ4n) is 2.50. The number of fused-ring (bicyclic) bond motifs is 1. The maximum atomic E-state index is 12.8. The molecule has 21 heavy (non-hydrogen) atoms. The van der Waals surface area contributed by atoms with Gasteiger partial charge in [0.15, 0.2) is 0 Å². The Balaban J connectivity index is 2.32. The number of hydrogen-bond donors (Lipinski definition) is 2. The van der Waals surface area contributed by atoms with E-state index in [0.717, 1.165) is 4.57 Å². The van der Waals surface area contributed by atoms with Crippen molar-refractivity contribution >= 4 is 28.4 Å². The van der Waals surface area contributed by atoms with E-state index in [2.05, 4.69) is 10.3 Å². The number of benzene rings is 1. The summed E-state index contributed by atoms with van der Waals surface area (Å²) in [5, 5.41) is 2.27. The lowest BCUT2D eigenvalue weighted by atomic mass is 10.1. The van der Waals surface area contributed by atoms with Gasteiger partial charge in [0.25, 0.3) is 5.56 Å². The Hall–Kier alpha value is -2.70. The lowest BCUT2D eigenvalue weighted by Crippen LogP contribution is -2.45. The van der Waals surface area contributed by atoms with Crippen LogP contribution in [0, 0.1) is 6.92 Å². The zero-order valence-electron chi connectivity index (χ0n) is 12.3. The van der Waals surface area contributed by atoms with Crippen LogP contribution in [0.15, 0.2) is 23.0 Å². The largest absolute Gasteiger partial charge is 0.398 e. The van der Waals surface area contributed by atoms with Crippen molar-refractivity contribution in [3.63, 3.8) is 0 Å². The fraction of sp³-hybridized carbons (Fsp3) is 0.286. The molecule has 1 aliphatic rings. The van der Waals surface area contributed by atoms with E-state index in [-0.39, 0.29) is 29.7 Å². The normalized spacial score (nSPS) is 23.0. The molecule has 1 atom stereocenters. The minimum atomic E-state index is -1.90. The molecule has 0 aliphatic carbocycles. The van der Waals surface area contributed by atoms with Gasteiger partial charge in [0.2, 0.25) is 11.8 Å². The van der Waals surface area contributed by atoms with Gasteiger partial charge in [-0.1, -0.05) is 6.07 Å². The molecule has 1 aromatic heterocycles. The number of piperidine rings is 1. The summed E-state index contributed by atoms with van der Waals surface area (Å²) >= 11 is 0. The molecule has 7 heteroatoms. The quantitative estimate of drug-likeness (QED) is 0.578. The van der Waals surface area contributed by atoms with Gasteiger partial charge in [-0.25, -0.2) is 4.98 Å². The van der Waals surface area contributed by atoms with E-state index in [4.69, 9.17) is 7.10 Å². The summed E-state index contributed by atoms with van der Waals surface area (Å²) in [6, 6.07) is 2.98. The number of imide groups is 1. The van der Waals surface area contributed by atoms with E-state index in [1.165, 1.54) is 0 Å². The highest BCUT2D eigenvalue weighted by atomic mass is 16.2. The Morgan fingerprint density at radius 1 is 1.43 bits per heavy atom. The van der Waals surface area contributed by atoms with Crippen LogP contribution in [0.2, 0.25) is 0 Å². The average molecular weight is 287 g/mol. The summed E-state index contributed by atoms with van der Waals surface area (Å²) in [7, 11) is 0. The third-order valence-electron chi connectivity index (χ3n) is 3.47. The first kappa shape index (κ1) is 12.1. The number of hydrogen-bond acceptors (Lipinski definition) is 5. The van der Waals surface area contributed by atoms with Gasteiger partial charge >= 0.3 is 0 Å². The van der Waals surface area contributed by atoms with Gasteiger partial charge in [-0.15, -0.1) is 0 Å². The Bertz CT molecular complexity index is 876. The minimum absolute atomic E-state index is 0.0105. The number of aryl methyl sites for hydroxylation is 1. The van der Waals surface area contributed by atoms with Crippen LogP contribution in [-0.2, 0) is 9.59 Å². The van der Waals surface area contributed by atoms with Crippen molar-refractivity contribution < 1.29 is 11.0 Å². The first-order valence-corrected chi connectivity index (χ1v) is 6.47. The third-order valence-corrected chi connectivity index (χ3v) is 3.47. The van der Waals surface area contributed by atoms with Gasteiger partial charge in [0, 0.05) is 12.1 Å². The van der Waals surface area contributed by atoms with Crippen molar-refractivity contribution in [2.75, 3.05) is 5.73 Å². The first-order chi connectivity index (χ1) is 10.3. The molecular formula is C14H14N4O3. The molecule has 1 fully saturated rings. The summed E-state index contributed by atoms with van der Waals surface area (Å²) in [5.41, 5.74) is 5.93. The van der Waals surface area contributed by atoms with Crippen LogP contribution in [0.25, 0.3) is 10.9 Å². The Labute approximate surface area is 121 Å². The molecule has 2 aromatic rings. The van der Waals surface area contributed by atoms with Gasteiger partial charge < -0.3 is 5.73 Å². The fourth-order valence-corrected chi connectivity index (χ4v) is 2.50. The zero-order valence-corrected chi connectivity index (χ0v) is 11.3. The standard InChI is InChI=1S/C14H14N4O3/c1-7-16-9-4-2-3-8(15)12(9)14(21)18(7)10-5-6-11(19)17-13(10)20/h2-4,10H,5-6,15H2,1H3,(H,17,19,20)/t10-/m0/s1/i10D. The maximum absolute atomic E-state index is 12.8. The van der Waals surface area contributed by atoms with E-state index in [0.29, 0.717) is 5.52 Å². The second-order valence-corrected chi connectivity index (χ2v) is 4.86. The molecule has 1 saturated heterocycles. The Kier molecular flexibility index (Phi) is 2.70. The van der Waals surface area contributed by atoms with Crippen LogP contribution in [0.5, 0.6) is 0 Å². The number of nitrogens with one attached hydrogen (secondary N) is 1. The van der Waals surface area contributed by atoms with Gasteiger partial charge in [0.1, 0.15) is 11.8 Å². The zero-order chi connectivity index (χ0) is 16.1. The van der Waals surface area contributed by atoms with Crippen LogP contribution in [0.3, 0.4) is 0 Å². The third kappa shape index (κ3) is 2.06. The van der Waals surface area contributed by atoms with E-state index in [1.54, 1.807) is 25.1 Å². The highest BCUT2D eigenvalue weighted by molar-refractivity contribution is 5.99. The predicted molar refractivity (Wildman–Crippen MR) is 76.6 cm³/mol. The predicted octanol–water partition coefficient (Wildman–Crippen LogP) is 0.265. The molecule has 0 unspecified atom stereocenters. The van der Waals surface area contributed by atoms with Crippen molar-refractivity contribution in [1.29, 1.82) is 0 Å². The summed E-state index contributed by atoms with van der Waals surface area (Å²) < 4.78 is 9.41. The molecule has 1 aromatic carbocycles. The number of nitrogens with zero attached hydrogens (tertiary/aromatic N) is 2. The van der Waals surface area contributed by atoms with Crippen LogP contribution in [-0.4, -0.2) is 21.4 Å². The number of anilines is 1. The number of carbonyl (C=O) groups excluding carboxylic acids is 2. The average Bonchev–Trinajstić information content (AvgIpc) is 2.43. The number of nitrogen functional groups attached to an aromatic ring is 1. The highest BCUT2D eigenvalue weighted by Gasteiger charge is 2.30. The van der Waals surface area contributed by atoms with Crippen molar-refractivity contribution in [2.24, 2.45) is 0 Å². The SMILES string of the molecule is [2H][C@]1(n2c(C)nc3cccc(N)c3c2=O)CCC(=O)NC1=O. The van der Waals surface area contributed by atoms with Crippen molar-refractivity contribution in [3.8, 4) is 0 Å². The lowest BCUT2D eigenvalue weighted by molar-refractivity contribution is -0.135. The van der Waals surface area contributed by atoms with Gasteiger partial charge in [-0.3, -0.25) is 24.3 Å². The molecule has 1 aliphatic heterocycles. The molecular weight excluding hydrogens is 272 g/mol. The minimum Gasteiger partial charge on any atom is -0.398 e. The number of rotatable bonds is 1. The Morgan fingerprint density at radius 3 is 2.90 bits per heavy atom. The smallest absolute Gasteiger partial charge is 0.264 e. The van der Waals surface area contributed by atoms with Crippen LogP contribution < -0.4 is 16.6 Å². The van der Waals surface area contributed by atoms with E-state index in [1.807, 2.05) is 0 Å². The van der Waals surface area contributed by atoms with Crippen molar-refractivity contribution in [3.05, 3.63) is 34.4 Å². The monoisotopic (exact) mass is 287 g/mol. The van der Waals surface area contributed by atoms with Gasteiger partial charge in [-0.2, -0.15) is 0 Å². The van der Waals surface area contributed by atoms with Gasteiger partial charge in [-0.05, 0) is 25.5 Å². The van der Waals surface area contributed by atoms with Crippen molar-refractivity contribution in [2.45, 2.75) is 25.8 Å². The topological polar surface area (TPSA) is 107 Å². The van der Waals surface area contributed by atoms with Crippen molar-refractivity contribution in [1.82, 2.24) is 14.9 Å². The maximum Gasteiger partial charge on any atom is 0.264 e. The van der Waals surface area contributed by atoms with Gasteiger partial charge in [0.05, 0.1) is 12.3 Å². The molecule has 0 bridgehead atoms. The summed E-state index contributed by atoms with van der Waals surface area (Å²) in [4.78, 5) is 40.4. The molecule has 0 saturated carbocycles. The van der Waals surface area contributed by atoms with E-state index in [9.17, 15) is 14.4 Å². The molecule has 2 heterocycles. The molecule has 2 amide bonds. The molecule has 3 rings (SSSR count). The number of carbonyl (C=O) groups is 2. The highest BCUT2D eigenvalue weighted by Crippen LogP contribution is 2.21. The van der Waals surface area contributed by atoms with E-state index >= 15 is 0 Å². The summed E-state index contributed by atoms with van der Waals surface area (Å²) in [5.74, 6) is -1.06. The second kappa shape index (κ2) is 4.69. The molecule has 3 N–H and O–H groups in total. The molecule has 0 spiro atoms. The first-order valence-electron chi connectivity index (χ1n) is 6.97. The summed E-state index contributed by atoms with van der Waals surface area (Å²) in [6.45, 7) is 1.55. The lowest BCUT2D eigenvalue weighted by Gasteiger charge is -2.24. The van der Waals surface area contributed by atoms with Crippen LogP contribution in [0.4, 0.5) is 5.69 Å². The van der Waals surface area contributed by atoms with E-state index < -0.39 is 23.4 Å². The van der Waals surface area contributed by atoms with Crippen LogP contribution >= 0.6 is 0 Å². The number of amides is 2. The molecule has 108 valence electrons. The second-order valence-electron chi connectivity index (χ2n) is 4.86. The molecule has 0 radical (unpaired) electrons. The Morgan fingerprint density at radius 2 is 2.19 bits per heavy atom. The number of aromatic nitrogens is 2.